The summed E-state index contributed by atoms with van der Waals surface area (Å²) in [6, 6.07) is 6.50. The minimum Gasteiger partial charge on any atom is -0.370 e. The summed E-state index contributed by atoms with van der Waals surface area (Å²) in [5, 5.41) is 0.542. The molecule has 0 radical (unpaired) electrons. The van der Waals surface area contributed by atoms with Gasteiger partial charge in [0.1, 0.15) is 5.82 Å². The Morgan fingerprint density at radius 1 is 1.11 bits per heavy atom. The van der Waals surface area contributed by atoms with Crippen molar-refractivity contribution in [3.63, 3.8) is 0 Å². The van der Waals surface area contributed by atoms with Crippen LogP contribution in [0.4, 0.5) is 10.1 Å². The van der Waals surface area contributed by atoms with Crippen molar-refractivity contribution in [2.24, 2.45) is 0 Å². The first-order chi connectivity index (χ1) is 9.25. The lowest BCUT2D eigenvalue weighted by atomic mass is 10.0. The van der Waals surface area contributed by atoms with E-state index in [9.17, 15) is 4.39 Å². The zero-order valence-corrected chi connectivity index (χ0v) is 11.2. The van der Waals surface area contributed by atoms with Gasteiger partial charge in [0, 0.05) is 35.4 Å². The van der Waals surface area contributed by atoms with Crippen molar-refractivity contribution in [3.8, 4) is 11.1 Å². The van der Waals surface area contributed by atoms with Crippen LogP contribution >= 0.6 is 11.6 Å². The predicted molar refractivity (Wildman–Crippen MR) is 76.1 cm³/mol. The van der Waals surface area contributed by atoms with E-state index in [1.54, 1.807) is 24.5 Å². The van der Waals surface area contributed by atoms with E-state index < -0.39 is 0 Å². The molecule has 19 heavy (non-hydrogen) atoms. The van der Waals surface area contributed by atoms with Crippen LogP contribution in [0.25, 0.3) is 11.1 Å². The summed E-state index contributed by atoms with van der Waals surface area (Å²) in [4.78, 5) is 6.42. The Morgan fingerprint density at radius 2 is 1.89 bits per heavy atom. The zero-order valence-electron chi connectivity index (χ0n) is 10.4. The van der Waals surface area contributed by atoms with Crippen LogP contribution in [-0.2, 0) is 0 Å². The Labute approximate surface area is 116 Å². The van der Waals surface area contributed by atoms with Crippen LogP contribution in [-0.4, -0.2) is 18.1 Å². The molecule has 0 spiro atoms. The van der Waals surface area contributed by atoms with E-state index in [4.69, 9.17) is 11.6 Å². The van der Waals surface area contributed by atoms with Crippen molar-refractivity contribution in [2.45, 2.75) is 12.8 Å². The highest BCUT2D eigenvalue weighted by atomic mass is 35.5. The van der Waals surface area contributed by atoms with Gasteiger partial charge >= 0.3 is 0 Å². The molecule has 0 atom stereocenters. The molecule has 1 aromatic heterocycles. The van der Waals surface area contributed by atoms with Crippen LogP contribution in [0.1, 0.15) is 12.8 Å². The molecule has 0 aliphatic carbocycles. The third-order valence-electron chi connectivity index (χ3n) is 3.47. The number of rotatable bonds is 2. The third kappa shape index (κ3) is 2.43. The fraction of sp³-hybridized carbons (Fsp3) is 0.267. The molecule has 0 bridgehead atoms. The minimum atomic E-state index is -0.254. The number of anilines is 1. The van der Waals surface area contributed by atoms with Crippen molar-refractivity contribution in [3.05, 3.63) is 47.5 Å². The molecule has 2 heterocycles. The van der Waals surface area contributed by atoms with Gasteiger partial charge in [-0.15, -0.1) is 0 Å². The van der Waals surface area contributed by atoms with E-state index in [1.807, 2.05) is 6.07 Å². The highest BCUT2D eigenvalue weighted by molar-refractivity contribution is 6.30. The second-order valence-corrected chi connectivity index (χ2v) is 5.15. The van der Waals surface area contributed by atoms with Gasteiger partial charge in [0.15, 0.2) is 0 Å². The second kappa shape index (κ2) is 5.17. The fourth-order valence-corrected chi connectivity index (χ4v) is 2.70. The summed E-state index contributed by atoms with van der Waals surface area (Å²) in [5.41, 5.74) is 2.38. The van der Waals surface area contributed by atoms with Gasteiger partial charge in [0.25, 0.3) is 0 Å². The SMILES string of the molecule is Fc1ccc(Cl)cc1-c1ccncc1N1CCCC1. The molecule has 1 fully saturated rings. The van der Waals surface area contributed by atoms with Crippen LogP contribution < -0.4 is 4.90 Å². The third-order valence-corrected chi connectivity index (χ3v) is 3.70. The van der Waals surface area contributed by atoms with E-state index in [0.29, 0.717) is 10.6 Å². The molecular formula is C15H14ClFN2. The van der Waals surface area contributed by atoms with Crippen molar-refractivity contribution in [2.75, 3.05) is 18.0 Å². The number of hydrogen-bond acceptors (Lipinski definition) is 2. The lowest BCUT2D eigenvalue weighted by Gasteiger charge is -2.21. The topological polar surface area (TPSA) is 16.1 Å². The number of halogens is 2. The smallest absolute Gasteiger partial charge is 0.131 e. The largest absolute Gasteiger partial charge is 0.370 e. The van der Waals surface area contributed by atoms with Crippen LogP contribution in [0.3, 0.4) is 0 Å². The van der Waals surface area contributed by atoms with E-state index >= 15 is 0 Å². The number of benzene rings is 1. The first kappa shape index (κ1) is 12.4. The Bertz CT molecular complexity index is 594. The van der Waals surface area contributed by atoms with Gasteiger partial charge in [0.05, 0.1) is 11.9 Å². The highest BCUT2D eigenvalue weighted by Gasteiger charge is 2.18. The van der Waals surface area contributed by atoms with Gasteiger partial charge in [-0.05, 0) is 37.1 Å². The van der Waals surface area contributed by atoms with Gasteiger partial charge in [-0.3, -0.25) is 4.98 Å². The second-order valence-electron chi connectivity index (χ2n) is 4.71. The number of aromatic nitrogens is 1. The Morgan fingerprint density at radius 3 is 2.68 bits per heavy atom. The number of nitrogens with zero attached hydrogens (tertiary/aromatic N) is 2. The number of pyridine rings is 1. The first-order valence-electron chi connectivity index (χ1n) is 6.40. The maximum Gasteiger partial charge on any atom is 0.131 e. The van der Waals surface area contributed by atoms with Crippen molar-refractivity contribution < 1.29 is 4.39 Å². The molecule has 0 amide bonds. The van der Waals surface area contributed by atoms with E-state index in [-0.39, 0.29) is 5.82 Å². The molecule has 0 N–H and O–H groups in total. The Balaban J connectivity index is 2.11. The summed E-state index contributed by atoms with van der Waals surface area (Å²) in [7, 11) is 0. The summed E-state index contributed by atoms with van der Waals surface area (Å²) in [6.45, 7) is 2.00. The van der Waals surface area contributed by atoms with Crippen molar-refractivity contribution >= 4 is 17.3 Å². The summed E-state index contributed by atoms with van der Waals surface area (Å²) < 4.78 is 14.0. The standard InChI is InChI=1S/C15H14ClFN2/c16-11-3-4-14(17)13(9-11)12-5-6-18-10-15(12)19-7-1-2-8-19/h3-6,9-10H,1-2,7-8H2. The molecule has 1 aromatic carbocycles. The van der Waals surface area contributed by atoms with Crippen LogP contribution in [0.5, 0.6) is 0 Å². The molecule has 1 aliphatic rings. The quantitative estimate of drug-likeness (QED) is 0.819. The average molecular weight is 277 g/mol. The minimum absolute atomic E-state index is 0.254. The molecule has 0 saturated carbocycles. The normalized spacial score (nSPS) is 14.9. The molecule has 0 unspecified atom stereocenters. The van der Waals surface area contributed by atoms with Crippen molar-refractivity contribution in [1.29, 1.82) is 0 Å². The molecular weight excluding hydrogens is 263 g/mol. The lowest BCUT2D eigenvalue weighted by molar-refractivity contribution is 0.631. The van der Waals surface area contributed by atoms with Crippen LogP contribution in [0.15, 0.2) is 36.7 Å². The first-order valence-corrected chi connectivity index (χ1v) is 6.78. The highest BCUT2D eigenvalue weighted by Crippen LogP contribution is 2.34. The maximum absolute atomic E-state index is 14.0. The van der Waals surface area contributed by atoms with E-state index in [1.165, 1.54) is 18.9 Å². The lowest BCUT2D eigenvalue weighted by Crippen LogP contribution is -2.18. The zero-order chi connectivity index (χ0) is 13.2. The molecule has 3 rings (SSSR count). The Hall–Kier alpha value is -1.61. The number of hydrogen-bond donors (Lipinski definition) is 0. The van der Waals surface area contributed by atoms with Gasteiger partial charge < -0.3 is 4.90 Å². The Kier molecular flexibility index (Phi) is 3.38. The summed E-state index contributed by atoms with van der Waals surface area (Å²) in [5.74, 6) is -0.254. The van der Waals surface area contributed by atoms with Gasteiger partial charge in [0.2, 0.25) is 0 Å². The average Bonchev–Trinajstić information content (AvgIpc) is 2.95. The maximum atomic E-state index is 14.0. The van der Waals surface area contributed by atoms with Gasteiger partial charge in [-0.1, -0.05) is 11.6 Å². The monoisotopic (exact) mass is 276 g/mol. The summed E-state index contributed by atoms with van der Waals surface area (Å²) in [6.07, 6.45) is 5.84. The molecule has 4 heteroatoms. The molecule has 1 aliphatic heterocycles. The summed E-state index contributed by atoms with van der Waals surface area (Å²) >= 11 is 5.98. The van der Waals surface area contributed by atoms with Crippen LogP contribution in [0, 0.1) is 5.82 Å². The van der Waals surface area contributed by atoms with Gasteiger partial charge in [-0.25, -0.2) is 4.39 Å². The molecule has 2 nitrogen and oxygen atoms in total. The fourth-order valence-electron chi connectivity index (χ4n) is 2.53. The predicted octanol–water partition coefficient (Wildman–Crippen LogP) is 4.14. The molecule has 1 saturated heterocycles. The molecule has 2 aromatic rings. The van der Waals surface area contributed by atoms with E-state index in [0.717, 1.165) is 24.3 Å². The molecule has 98 valence electrons. The van der Waals surface area contributed by atoms with Crippen molar-refractivity contribution in [1.82, 2.24) is 4.98 Å². The van der Waals surface area contributed by atoms with Gasteiger partial charge in [-0.2, -0.15) is 0 Å². The van der Waals surface area contributed by atoms with E-state index in [2.05, 4.69) is 9.88 Å². The van der Waals surface area contributed by atoms with Crippen LogP contribution in [0.2, 0.25) is 5.02 Å².